The summed E-state index contributed by atoms with van der Waals surface area (Å²) in [6.45, 7) is 0. The second-order valence-corrected chi connectivity index (χ2v) is 4.79. The van der Waals surface area contributed by atoms with E-state index in [0.717, 1.165) is 0 Å². The van der Waals surface area contributed by atoms with Crippen molar-refractivity contribution in [2.24, 2.45) is 0 Å². The molecule has 0 N–H and O–H groups in total. The number of hydrogen-bond acceptors (Lipinski definition) is 5. The Bertz CT molecular complexity index is 365. The summed E-state index contributed by atoms with van der Waals surface area (Å²) in [7, 11) is -10.6. The molecule has 0 aliphatic rings. The predicted molar refractivity (Wildman–Crippen MR) is 34.3 cm³/mol. The minimum absolute atomic E-state index is 0.477. The van der Waals surface area contributed by atoms with Gasteiger partial charge in [0.25, 0.3) is 0 Å². The minimum Gasteiger partial charge on any atom is -0.404 e. The monoisotopic (exact) mass is 242 g/mol. The molecule has 11 heteroatoms. The third-order valence-corrected chi connectivity index (χ3v) is 3.21. The Labute approximate surface area is 72.0 Å². The lowest BCUT2D eigenvalue weighted by Crippen LogP contribution is -2.24. The fourth-order valence-corrected chi connectivity index (χ4v) is 1.74. The molecule has 0 fully saturated rings. The van der Waals surface area contributed by atoms with Gasteiger partial charge in [-0.05, 0) is 0 Å². The molecule has 0 spiro atoms. The van der Waals surface area contributed by atoms with Gasteiger partial charge in [0, 0.05) is 0 Å². The first-order chi connectivity index (χ1) is 5.52. The molecule has 13 heavy (non-hydrogen) atoms. The molecule has 0 aliphatic heterocycles. The van der Waals surface area contributed by atoms with Crippen LogP contribution in [0.2, 0.25) is 0 Å². The van der Waals surface area contributed by atoms with E-state index < -0.39 is 25.8 Å². The summed E-state index contributed by atoms with van der Waals surface area (Å²) in [5, 5.41) is 0. The molecule has 6 nitrogen and oxygen atoms in total. The van der Waals surface area contributed by atoms with Gasteiger partial charge in [-0.25, -0.2) is 16.8 Å². The molecule has 0 saturated heterocycles. The van der Waals surface area contributed by atoms with Gasteiger partial charge in [-0.15, -0.1) is 0 Å². The molecule has 0 aromatic heterocycles. The van der Waals surface area contributed by atoms with Crippen molar-refractivity contribution < 1.29 is 34.2 Å². The van der Waals surface area contributed by atoms with Crippen LogP contribution in [0.1, 0.15) is 0 Å². The van der Waals surface area contributed by atoms with Crippen LogP contribution < -0.4 is 0 Å². The summed E-state index contributed by atoms with van der Waals surface area (Å²) >= 11 is 0. The number of alkyl halides is 3. The van der Waals surface area contributed by atoms with E-state index in [0.29, 0.717) is 7.11 Å². The van der Waals surface area contributed by atoms with E-state index in [1.165, 1.54) is 4.13 Å². The second kappa shape index (κ2) is 3.40. The zero-order valence-corrected chi connectivity index (χ0v) is 7.57. The Morgan fingerprint density at radius 3 is 1.77 bits per heavy atom. The van der Waals surface area contributed by atoms with Gasteiger partial charge in [0.2, 0.25) is 10.3 Å². The largest absolute Gasteiger partial charge is 0.480 e. The van der Waals surface area contributed by atoms with Crippen molar-refractivity contribution in [3.05, 3.63) is 4.13 Å². The van der Waals surface area contributed by atoms with Gasteiger partial charge in [0.05, 0.1) is 7.11 Å². The van der Waals surface area contributed by atoms with Crippen molar-refractivity contribution in [3.63, 3.8) is 0 Å². The molecular formula is C2H3F3NO5S2-. The number of nitrogens with zero attached hydrogens (tertiary/aromatic N) is 1. The maximum Gasteiger partial charge on any atom is 0.480 e. The summed E-state index contributed by atoms with van der Waals surface area (Å²) in [6, 6.07) is 0. The predicted octanol–water partition coefficient (Wildman–Crippen LogP) is 0.101. The lowest BCUT2D eigenvalue weighted by atomic mass is 11.6. The zero-order chi connectivity index (χ0) is 10.9. The summed E-state index contributed by atoms with van der Waals surface area (Å²) in [5.41, 5.74) is -5.75. The topological polar surface area (TPSA) is 91.6 Å². The standard InChI is InChI=1S/C2H3F3NO5S2/c1-11-13(9,10)6-12(7,8)2(3,4)5/h1H3/q-1. The fraction of sp³-hybridized carbons (Fsp3) is 1.00. The van der Waals surface area contributed by atoms with Crippen LogP contribution in [0.5, 0.6) is 0 Å². The van der Waals surface area contributed by atoms with Crippen LogP contribution in [0.4, 0.5) is 13.2 Å². The minimum atomic E-state index is -6.06. The van der Waals surface area contributed by atoms with Crippen LogP contribution in [-0.2, 0) is 24.5 Å². The van der Waals surface area contributed by atoms with Crippen molar-refractivity contribution in [2.75, 3.05) is 7.11 Å². The third-order valence-electron chi connectivity index (χ3n) is 0.693. The number of sulfonamides is 1. The molecule has 80 valence electrons. The Balaban J connectivity index is 4.97. The van der Waals surface area contributed by atoms with E-state index in [1.54, 1.807) is 0 Å². The highest BCUT2D eigenvalue weighted by molar-refractivity contribution is 8.10. The van der Waals surface area contributed by atoms with Gasteiger partial charge < -0.3 is 4.13 Å². The number of halogens is 3. The summed E-state index contributed by atoms with van der Waals surface area (Å²) < 4.78 is 80.0. The fourth-order valence-electron chi connectivity index (χ4n) is 0.193. The van der Waals surface area contributed by atoms with Crippen LogP contribution >= 0.6 is 0 Å². The van der Waals surface area contributed by atoms with Crippen LogP contribution in [0, 0.1) is 0 Å². The quantitative estimate of drug-likeness (QED) is 0.699. The average molecular weight is 242 g/mol. The smallest absolute Gasteiger partial charge is 0.404 e. The van der Waals surface area contributed by atoms with E-state index in [9.17, 15) is 30.0 Å². The van der Waals surface area contributed by atoms with Crippen LogP contribution in [-0.4, -0.2) is 29.5 Å². The molecule has 0 heterocycles. The number of rotatable bonds is 3. The van der Waals surface area contributed by atoms with Crippen molar-refractivity contribution in [1.29, 1.82) is 0 Å². The second-order valence-electron chi connectivity index (χ2n) is 1.59. The SMILES string of the molecule is COS(=O)(=O)[N-]S(=O)(=O)C(F)(F)F. The maximum absolute atomic E-state index is 11.5. The molecule has 0 rings (SSSR count). The Hall–Kier alpha value is -0.390. The first-order valence-corrected chi connectivity index (χ1v) is 5.18. The highest BCUT2D eigenvalue weighted by atomic mass is 32.3. The van der Waals surface area contributed by atoms with Crippen molar-refractivity contribution in [2.45, 2.75) is 5.51 Å². The molecule has 0 aromatic carbocycles. The van der Waals surface area contributed by atoms with Crippen LogP contribution in [0.25, 0.3) is 4.13 Å². The first kappa shape index (κ1) is 12.6. The van der Waals surface area contributed by atoms with Gasteiger partial charge in [-0.3, -0.25) is 4.18 Å². The molecule has 0 atom stereocenters. The summed E-state index contributed by atoms with van der Waals surface area (Å²) in [6.07, 6.45) is 0. The highest BCUT2D eigenvalue weighted by Crippen LogP contribution is 2.29. The van der Waals surface area contributed by atoms with Gasteiger partial charge in [0.15, 0.2) is 10.0 Å². The molecular weight excluding hydrogens is 239 g/mol. The number of hydrogen-bond donors (Lipinski definition) is 0. The molecule has 0 unspecified atom stereocenters. The highest BCUT2D eigenvalue weighted by Gasteiger charge is 2.40. The zero-order valence-electron chi connectivity index (χ0n) is 5.94. The Kier molecular flexibility index (Phi) is 3.30. The molecule has 0 radical (unpaired) electrons. The van der Waals surface area contributed by atoms with Crippen LogP contribution in [0.3, 0.4) is 0 Å². The third kappa shape index (κ3) is 3.46. The van der Waals surface area contributed by atoms with E-state index in [2.05, 4.69) is 4.18 Å². The molecule has 0 saturated carbocycles. The normalized spacial score (nSPS) is 14.5. The Morgan fingerprint density at radius 2 is 1.54 bits per heavy atom. The van der Waals surface area contributed by atoms with E-state index >= 15 is 0 Å². The van der Waals surface area contributed by atoms with E-state index in [-0.39, 0.29) is 0 Å². The Morgan fingerprint density at radius 1 is 1.15 bits per heavy atom. The van der Waals surface area contributed by atoms with Gasteiger partial charge in [0.1, 0.15) is 0 Å². The van der Waals surface area contributed by atoms with Crippen LogP contribution in [0.15, 0.2) is 0 Å². The molecule has 0 amide bonds. The van der Waals surface area contributed by atoms with E-state index in [4.69, 9.17) is 0 Å². The molecule has 0 bridgehead atoms. The molecule has 0 aliphatic carbocycles. The van der Waals surface area contributed by atoms with Gasteiger partial charge >= 0.3 is 5.51 Å². The summed E-state index contributed by atoms with van der Waals surface area (Å²) in [4.78, 5) is 0. The first-order valence-electron chi connectivity index (χ1n) is 2.38. The van der Waals surface area contributed by atoms with Gasteiger partial charge in [-0.1, -0.05) is 0 Å². The average Bonchev–Trinajstić information content (AvgIpc) is 1.83. The maximum atomic E-state index is 11.5. The molecule has 0 aromatic rings. The van der Waals surface area contributed by atoms with Gasteiger partial charge in [-0.2, -0.15) is 13.2 Å². The van der Waals surface area contributed by atoms with Crippen molar-refractivity contribution in [3.8, 4) is 0 Å². The lowest BCUT2D eigenvalue weighted by molar-refractivity contribution is -0.0425. The lowest BCUT2D eigenvalue weighted by Gasteiger charge is -2.19. The van der Waals surface area contributed by atoms with Crippen molar-refractivity contribution in [1.82, 2.24) is 0 Å². The van der Waals surface area contributed by atoms with E-state index in [1.807, 2.05) is 0 Å². The van der Waals surface area contributed by atoms with Crippen molar-refractivity contribution >= 4 is 20.3 Å². The summed E-state index contributed by atoms with van der Waals surface area (Å²) in [5.74, 6) is 0.